The van der Waals surface area contributed by atoms with E-state index in [-0.39, 0.29) is 5.41 Å². The lowest BCUT2D eigenvalue weighted by atomic mass is 9.88. The fourth-order valence-electron chi connectivity index (χ4n) is 2.59. The second-order valence-electron chi connectivity index (χ2n) is 5.95. The van der Waals surface area contributed by atoms with Gasteiger partial charge in [0.2, 0.25) is 0 Å². The van der Waals surface area contributed by atoms with Crippen molar-refractivity contribution in [3.63, 3.8) is 0 Å². The first-order valence-corrected chi connectivity index (χ1v) is 6.41. The van der Waals surface area contributed by atoms with Crippen LogP contribution in [-0.4, -0.2) is 44.3 Å². The van der Waals surface area contributed by atoms with E-state index in [9.17, 15) is 0 Å². The van der Waals surface area contributed by atoms with E-state index in [1.165, 1.54) is 25.7 Å². The fraction of sp³-hybridized carbons (Fsp3) is 1.00. The van der Waals surface area contributed by atoms with Crippen LogP contribution >= 0.6 is 0 Å². The first kappa shape index (κ1) is 13.9. The highest BCUT2D eigenvalue weighted by Gasteiger charge is 2.27. The molecule has 0 aromatic heterocycles. The van der Waals surface area contributed by atoms with Gasteiger partial charge in [-0.2, -0.15) is 0 Å². The molecule has 0 bridgehead atoms. The molecule has 0 spiro atoms. The third-order valence-corrected chi connectivity index (χ3v) is 3.83. The molecule has 1 saturated carbocycles. The minimum Gasteiger partial charge on any atom is -0.381 e. The van der Waals surface area contributed by atoms with Crippen LogP contribution in [0.15, 0.2) is 0 Å². The molecule has 1 aliphatic carbocycles. The van der Waals surface area contributed by atoms with Crippen LogP contribution < -0.4 is 5.73 Å². The van der Waals surface area contributed by atoms with Crippen LogP contribution in [0.1, 0.15) is 39.5 Å². The molecule has 0 unspecified atom stereocenters. The largest absolute Gasteiger partial charge is 0.381 e. The van der Waals surface area contributed by atoms with Crippen molar-refractivity contribution < 1.29 is 4.74 Å². The number of hydrogen-bond donors (Lipinski definition) is 1. The summed E-state index contributed by atoms with van der Waals surface area (Å²) in [7, 11) is 4.06. The van der Waals surface area contributed by atoms with E-state index in [0.29, 0.717) is 6.10 Å². The summed E-state index contributed by atoms with van der Waals surface area (Å²) in [5.74, 6) is 0. The van der Waals surface area contributed by atoms with Crippen LogP contribution in [-0.2, 0) is 4.74 Å². The number of ether oxygens (including phenoxy) is 1. The highest BCUT2D eigenvalue weighted by Crippen LogP contribution is 2.26. The zero-order valence-corrected chi connectivity index (χ0v) is 11.3. The van der Waals surface area contributed by atoms with Gasteiger partial charge in [0.05, 0.1) is 6.10 Å². The molecular formula is C13H28N2O. The van der Waals surface area contributed by atoms with Gasteiger partial charge in [0, 0.05) is 19.7 Å². The Hall–Kier alpha value is -0.120. The van der Waals surface area contributed by atoms with Crippen LogP contribution in [0.5, 0.6) is 0 Å². The summed E-state index contributed by atoms with van der Waals surface area (Å²) in [6.07, 6.45) is 5.42. The monoisotopic (exact) mass is 228 g/mol. The molecule has 3 heteroatoms. The van der Waals surface area contributed by atoms with E-state index in [1.54, 1.807) is 0 Å². The molecule has 1 aliphatic rings. The van der Waals surface area contributed by atoms with Gasteiger partial charge in [0.15, 0.2) is 0 Å². The molecule has 2 N–H and O–H groups in total. The highest BCUT2D eigenvalue weighted by atomic mass is 16.5. The van der Waals surface area contributed by atoms with Crippen LogP contribution in [0.2, 0.25) is 0 Å². The Morgan fingerprint density at radius 3 is 2.25 bits per heavy atom. The molecule has 0 radical (unpaired) electrons. The number of nitrogens with two attached hydrogens (primary N) is 1. The molecule has 0 saturated heterocycles. The molecule has 1 fully saturated rings. The minimum absolute atomic E-state index is 0.229. The lowest BCUT2D eigenvalue weighted by molar-refractivity contribution is 0.0372. The first-order chi connectivity index (χ1) is 7.48. The van der Waals surface area contributed by atoms with Gasteiger partial charge in [-0.05, 0) is 44.7 Å². The predicted molar refractivity (Wildman–Crippen MR) is 68.5 cm³/mol. The van der Waals surface area contributed by atoms with E-state index in [1.807, 2.05) is 7.11 Å². The van der Waals surface area contributed by atoms with E-state index in [0.717, 1.165) is 19.1 Å². The summed E-state index contributed by atoms with van der Waals surface area (Å²) in [5, 5.41) is 0. The van der Waals surface area contributed by atoms with Crippen molar-refractivity contribution in [1.82, 2.24) is 4.90 Å². The highest BCUT2D eigenvalue weighted by molar-refractivity contribution is 4.82. The molecule has 1 rings (SSSR count). The summed E-state index contributed by atoms with van der Waals surface area (Å²) in [6, 6.07) is 0.720. The van der Waals surface area contributed by atoms with Gasteiger partial charge in [0.1, 0.15) is 0 Å². The summed E-state index contributed by atoms with van der Waals surface area (Å²) >= 11 is 0. The minimum atomic E-state index is 0.229. The normalized spacial score (nSPS) is 27.4. The Morgan fingerprint density at radius 2 is 1.81 bits per heavy atom. The Bertz CT molecular complexity index is 198. The maximum absolute atomic E-state index is 5.78. The Balaban J connectivity index is 2.36. The van der Waals surface area contributed by atoms with Crippen LogP contribution in [0.25, 0.3) is 0 Å². The second-order valence-corrected chi connectivity index (χ2v) is 5.95. The van der Waals surface area contributed by atoms with Crippen LogP contribution in [0.4, 0.5) is 0 Å². The van der Waals surface area contributed by atoms with Crippen LogP contribution in [0.3, 0.4) is 0 Å². The van der Waals surface area contributed by atoms with Crippen molar-refractivity contribution in [2.24, 2.45) is 11.1 Å². The van der Waals surface area contributed by atoms with Gasteiger partial charge >= 0.3 is 0 Å². The lowest BCUT2D eigenvalue weighted by Crippen LogP contribution is -2.43. The number of methoxy groups -OCH3 is 1. The SMILES string of the molecule is COC1CCC(N(C)CC(C)(C)CN)CC1. The molecule has 0 heterocycles. The van der Waals surface area contributed by atoms with Gasteiger partial charge < -0.3 is 15.4 Å². The topological polar surface area (TPSA) is 38.5 Å². The maximum Gasteiger partial charge on any atom is 0.0572 e. The van der Waals surface area contributed by atoms with Gasteiger partial charge in [-0.15, -0.1) is 0 Å². The smallest absolute Gasteiger partial charge is 0.0572 e. The summed E-state index contributed by atoms with van der Waals surface area (Å²) in [5.41, 5.74) is 6.01. The van der Waals surface area contributed by atoms with Crippen molar-refractivity contribution in [3.8, 4) is 0 Å². The zero-order valence-electron chi connectivity index (χ0n) is 11.3. The van der Waals surface area contributed by atoms with Crippen LogP contribution in [0, 0.1) is 5.41 Å². The van der Waals surface area contributed by atoms with E-state index in [2.05, 4.69) is 25.8 Å². The van der Waals surface area contributed by atoms with Crippen molar-refractivity contribution in [3.05, 3.63) is 0 Å². The van der Waals surface area contributed by atoms with Crippen molar-refractivity contribution >= 4 is 0 Å². The lowest BCUT2D eigenvalue weighted by Gasteiger charge is -2.38. The number of rotatable bonds is 5. The molecule has 0 aliphatic heterocycles. The average molecular weight is 228 g/mol. The second kappa shape index (κ2) is 5.99. The summed E-state index contributed by atoms with van der Waals surface area (Å²) in [6.45, 7) is 6.32. The first-order valence-electron chi connectivity index (χ1n) is 6.41. The molecule has 96 valence electrons. The molecule has 3 nitrogen and oxygen atoms in total. The zero-order chi connectivity index (χ0) is 12.2. The number of hydrogen-bond acceptors (Lipinski definition) is 3. The van der Waals surface area contributed by atoms with Gasteiger partial charge in [-0.1, -0.05) is 13.8 Å². The summed E-state index contributed by atoms with van der Waals surface area (Å²) in [4.78, 5) is 2.48. The van der Waals surface area contributed by atoms with E-state index < -0.39 is 0 Å². The standard InChI is InChI=1S/C13H28N2O/c1-13(2,9-14)10-15(3)11-5-7-12(16-4)8-6-11/h11-12H,5-10,14H2,1-4H3. The third kappa shape index (κ3) is 4.04. The quantitative estimate of drug-likeness (QED) is 0.780. The molecule has 0 amide bonds. The van der Waals surface area contributed by atoms with Gasteiger partial charge in [-0.3, -0.25) is 0 Å². The molecule has 0 aromatic rings. The Labute approximate surface area is 100 Å². The van der Waals surface area contributed by atoms with Crippen molar-refractivity contribution in [2.45, 2.75) is 51.7 Å². The van der Waals surface area contributed by atoms with Crippen molar-refractivity contribution in [2.75, 3.05) is 27.2 Å². The Morgan fingerprint density at radius 1 is 1.25 bits per heavy atom. The molecular weight excluding hydrogens is 200 g/mol. The maximum atomic E-state index is 5.78. The van der Waals surface area contributed by atoms with E-state index in [4.69, 9.17) is 10.5 Å². The molecule has 16 heavy (non-hydrogen) atoms. The summed E-state index contributed by atoms with van der Waals surface area (Å²) < 4.78 is 5.40. The molecule has 0 atom stereocenters. The average Bonchev–Trinajstić information content (AvgIpc) is 2.28. The van der Waals surface area contributed by atoms with Gasteiger partial charge in [0.25, 0.3) is 0 Å². The number of nitrogens with zero attached hydrogens (tertiary/aromatic N) is 1. The van der Waals surface area contributed by atoms with Gasteiger partial charge in [-0.25, -0.2) is 0 Å². The fourth-order valence-corrected chi connectivity index (χ4v) is 2.59. The van der Waals surface area contributed by atoms with E-state index >= 15 is 0 Å². The predicted octanol–water partition coefficient (Wildman–Crippen LogP) is 1.86. The Kier molecular flexibility index (Phi) is 5.22. The molecule has 0 aromatic carbocycles. The third-order valence-electron chi connectivity index (χ3n) is 3.83. The van der Waals surface area contributed by atoms with Crippen molar-refractivity contribution in [1.29, 1.82) is 0 Å².